The van der Waals surface area contributed by atoms with Crippen LogP contribution in [0.15, 0.2) is 0 Å². The number of hydrogen-bond donors (Lipinski definition) is 0. The van der Waals surface area contributed by atoms with E-state index in [9.17, 15) is 4.79 Å². The van der Waals surface area contributed by atoms with Crippen LogP contribution >= 0.6 is 0 Å². The lowest BCUT2D eigenvalue weighted by atomic mass is 10.1. The summed E-state index contributed by atoms with van der Waals surface area (Å²) in [5, 5.41) is 0. The van der Waals surface area contributed by atoms with E-state index in [0.717, 1.165) is 38.9 Å². The zero-order valence-corrected chi connectivity index (χ0v) is 10.6. The van der Waals surface area contributed by atoms with Crippen molar-refractivity contribution in [2.24, 2.45) is 5.92 Å². The van der Waals surface area contributed by atoms with Crippen LogP contribution < -0.4 is 0 Å². The van der Waals surface area contributed by atoms with Gasteiger partial charge >= 0.3 is 0 Å². The Balaban J connectivity index is 1.75. The van der Waals surface area contributed by atoms with E-state index < -0.39 is 0 Å². The van der Waals surface area contributed by atoms with Gasteiger partial charge in [-0.3, -0.25) is 9.69 Å². The summed E-state index contributed by atoms with van der Waals surface area (Å²) in [7, 11) is 0. The first-order valence-electron chi connectivity index (χ1n) is 6.66. The molecule has 92 valence electrons. The molecule has 1 atom stereocenters. The molecule has 0 bridgehead atoms. The van der Waals surface area contributed by atoms with Crippen LogP contribution in [0.5, 0.6) is 0 Å². The summed E-state index contributed by atoms with van der Waals surface area (Å²) in [5.74, 6) is 0.858. The highest BCUT2D eigenvalue weighted by Gasteiger charge is 2.28. The second-order valence-electron chi connectivity index (χ2n) is 5.49. The maximum atomic E-state index is 11.6. The highest BCUT2D eigenvalue weighted by Crippen LogP contribution is 2.22. The number of Topliss-reactive ketones (excluding diaryl/α,β-unsaturated/α-hetero) is 1. The van der Waals surface area contributed by atoms with E-state index in [1.54, 1.807) is 0 Å². The van der Waals surface area contributed by atoms with Crippen molar-refractivity contribution in [1.82, 2.24) is 9.80 Å². The molecule has 1 aliphatic carbocycles. The van der Waals surface area contributed by atoms with Gasteiger partial charge in [0.05, 0.1) is 0 Å². The number of carbonyl (C=O) groups excluding carboxylic acids is 1. The number of rotatable bonds is 3. The van der Waals surface area contributed by atoms with Crippen LogP contribution in [-0.2, 0) is 4.79 Å². The minimum absolute atomic E-state index is 0.352. The Kier molecular flexibility index (Phi) is 3.98. The minimum atomic E-state index is 0.352. The molecule has 1 saturated heterocycles. The molecule has 2 fully saturated rings. The van der Waals surface area contributed by atoms with Gasteiger partial charge in [-0.1, -0.05) is 0 Å². The second kappa shape index (κ2) is 5.28. The molecule has 0 aromatic rings. The van der Waals surface area contributed by atoms with Gasteiger partial charge in [-0.05, 0) is 26.7 Å². The van der Waals surface area contributed by atoms with E-state index in [-0.39, 0.29) is 0 Å². The summed E-state index contributed by atoms with van der Waals surface area (Å²) in [6.07, 6.45) is 3.08. The zero-order chi connectivity index (χ0) is 11.5. The Morgan fingerprint density at radius 2 is 1.94 bits per heavy atom. The van der Waals surface area contributed by atoms with Gasteiger partial charge in [-0.25, -0.2) is 0 Å². The highest BCUT2D eigenvalue weighted by atomic mass is 16.1. The maximum absolute atomic E-state index is 11.6. The second-order valence-corrected chi connectivity index (χ2v) is 5.49. The molecule has 0 amide bonds. The number of nitrogens with zero attached hydrogens (tertiary/aromatic N) is 2. The number of piperazine rings is 1. The molecular formula is C13H24N2O. The maximum Gasteiger partial charge on any atom is 0.137 e. The van der Waals surface area contributed by atoms with Crippen molar-refractivity contribution in [3.05, 3.63) is 0 Å². The lowest BCUT2D eigenvalue weighted by molar-refractivity contribution is -0.121. The Morgan fingerprint density at radius 1 is 1.25 bits per heavy atom. The summed E-state index contributed by atoms with van der Waals surface area (Å²) in [6.45, 7) is 10.2. The van der Waals surface area contributed by atoms with E-state index in [4.69, 9.17) is 0 Å². The third-order valence-corrected chi connectivity index (χ3v) is 4.05. The molecule has 1 saturated carbocycles. The Hall–Kier alpha value is -0.410. The third kappa shape index (κ3) is 2.83. The molecule has 0 spiro atoms. The van der Waals surface area contributed by atoms with Gasteiger partial charge in [0.25, 0.3) is 0 Å². The quantitative estimate of drug-likeness (QED) is 0.723. The number of ketones is 1. The standard InChI is InChI=1S/C13H24N2O/c1-11(2)15-8-6-14(7-9-15)10-12-4-3-5-13(12)16/h11-12H,3-10H2,1-2H3. The number of carbonyl (C=O) groups is 1. The SMILES string of the molecule is CC(C)N1CCN(CC2CCCC2=O)CC1. The average molecular weight is 224 g/mol. The molecule has 1 heterocycles. The van der Waals surface area contributed by atoms with Crippen LogP contribution in [0.1, 0.15) is 33.1 Å². The van der Waals surface area contributed by atoms with E-state index in [1.165, 1.54) is 13.1 Å². The normalized spacial score (nSPS) is 29.2. The van der Waals surface area contributed by atoms with Gasteiger partial charge in [0.1, 0.15) is 5.78 Å². The highest BCUT2D eigenvalue weighted by molar-refractivity contribution is 5.83. The lowest BCUT2D eigenvalue weighted by Gasteiger charge is -2.37. The molecule has 2 rings (SSSR count). The average Bonchev–Trinajstić information content (AvgIpc) is 2.65. The first-order chi connectivity index (χ1) is 7.66. The molecule has 1 unspecified atom stereocenters. The molecule has 0 N–H and O–H groups in total. The molecule has 0 aromatic carbocycles. The Bertz CT molecular complexity index is 244. The van der Waals surface area contributed by atoms with Gasteiger partial charge in [-0.15, -0.1) is 0 Å². The monoisotopic (exact) mass is 224 g/mol. The summed E-state index contributed by atoms with van der Waals surface area (Å²) in [4.78, 5) is 16.6. The fourth-order valence-corrected chi connectivity index (χ4v) is 2.85. The predicted octanol–water partition coefficient (Wildman–Crippen LogP) is 1.38. The zero-order valence-electron chi connectivity index (χ0n) is 10.6. The fourth-order valence-electron chi connectivity index (χ4n) is 2.85. The third-order valence-electron chi connectivity index (χ3n) is 4.05. The number of hydrogen-bond acceptors (Lipinski definition) is 3. The summed E-state index contributed by atoms with van der Waals surface area (Å²) >= 11 is 0. The van der Waals surface area contributed by atoms with Crippen molar-refractivity contribution in [2.45, 2.75) is 39.2 Å². The smallest absolute Gasteiger partial charge is 0.137 e. The van der Waals surface area contributed by atoms with Crippen molar-refractivity contribution < 1.29 is 4.79 Å². The molecule has 16 heavy (non-hydrogen) atoms. The Morgan fingerprint density at radius 3 is 2.44 bits per heavy atom. The van der Waals surface area contributed by atoms with Gasteiger partial charge in [0.15, 0.2) is 0 Å². The first-order valence-corrected chi connectivity index (χ1v) is 6.66. The lowest BCUT2D eigenvalue weighted by Crippen LogP contribution is -2.50. The van der Waals surface area contributed by atoms with E-state index in [2.05, 4.69) is 23.6 Å². The van der Waals surface area contributed by atoms with Gasteiger partial charge < -0.3 is 4.90 Å². The van der Waals surface area contributed by atoms with Crippen LogP contribution in [0, 0.1) is 5.92 Å². The van der Waals surface area contributed by atoms with Crippen LogP contribution in [0.2, 0.25) is 0 Å². The van der Waals surface area contributed by atoms with Gasteiger partial charge in [0.2, 0.25) is 0 Å². The molecule has 3 nitrogen and oxygen atoms in total. The molecule has 1 aliphatic heterocycles. The van der Waals surface area contributed by atoms with E-state index in [0.29, 0.717) is 17.7 Å². The van der Waals surface area contributed by atoms with Crippen LogP contribution in [0.4, 0.5) is 0 Å². The van der Waals surface area contributed by atoms with Crippen molar-refractivity contribution >= 4 is 5.78 Å². The minimum Gasteiger partial charge on any atom is -0.300 e. The molecular weight excluding hydrogens is 200 g/mol. The summed E-state index contributed by atoms with van der Waals surface area (Å²) in [5.41, 5.74) is 0. The summed E-state index contributed by atoms with van der Waals surface area (Å²) in [6, 6.07) is 0.662. The fraction of sp³-hybridized carbons (Fsp3) is 0.923. The van der Waals surface area contributed by atoms with Gasteiger partial charge in [0, 0.05) is 51.1 Å². The topological polar surface area (TPSA) is 23.6 Å². The van der Waals surface area contributed by atoms with Crippen LogP contribution in [0.25, 0.3) is 0 Å². The van der Waals surface area contributed by atoms with Crippen molar-refractivity contribution in [1.29, 1.82) is 0 Å². The van der Waals surface area contributed by atoms with E-state index >= 15 is 0 Å². The molecule has 0 aromatic heterocycles. The summed E-state index contributed by atoms with van der Waals surface area (Å²) < 4.78 is 0. The van der Waals surface area contributed by atoms with Crippen molar-refractivity contribution in [3.8, 4) is 0 Å². The Labute approximate surface area is 98.8 Å². The predicted molar refractivity (Wildman–Crippen MR) is 65.5 cm³/mol. The van der Waals surface area contributed by atoms with Crippen LogP contribution in [0.3, 0.4) is 0 Å². The molecule has 2 aliphatic rings. The van der Waals surface area contributed by atoms with Gasteiger partial charge in [-0.2, -0.15) is 0 Å². The molecule has 3 heteroatoms. The van der Waals surface area contributed by atoms with Crippen molar-refractivity contribution in [3.63, 3.8) is 0 Å². The largest absolute Gasteiger partial charge is 0.300 e. The van der Waals surface area contributed by atoms with Crippen molar-refractivity contribution in [2.75, 3.05) is 32.7 Å². The molecule has 0 radical (unpaired) electrons. The first kappa shape index (κ1) is 12.1. The van der Waals surface area contributed by atoms with E-state index in [1.807, 2.05) is 0 Å². The van der Waals surface area contributed by atoms with Crippen LogP contribution in [-0.4, -0.2) is 54.3 Å².